The Morgan fingerprint density at radius 3 is 2.48 bits per heavy atom. The van der Waals surface area contributed by atoms with E-state index in [9.17, 15) is 14.4 Å². The van der Waals surface area contributed by atoms with Gasteiger partial charge in [0.25, 0.3) is 0 Å². The van der Waals surface area contributed by atoms with Crippen LogP contribution in [0.15, 0.2) is 42.5 Å². The molecule has 2 atom stereocenters. The number of carbonyl (C=O) groups excluding carboxylic acids is 3. The summed E-state index contributed by atoms with van der Waals surface area (Å²) in [4.78, 5) is 49.1. The van der Waals surface area contributed by atoms with Crippen LogP contribution in [0.1, 0.15) is 70.7 Å². The van der Waals surface area contributed by atoms with Gasteiger partial charge < -0.3 is 30.1 Å². The molecule has 2 aromatic rings. The van der Waals surface area contributed by atoms with E-state index in [0.717, 1.165) is 43.7 Å². The standard InChI is InChI=1S/C38H54FN7O4/c1-37(2,3)15-20-46-34(29-9-7-10-30(39)33(29)40-16-21-43-22-24-50-25-23-43)42-38(4,35(46)48)26-32(47)44-17-13-28(14-18-44)45-19-12-27-8-5-6-11-31(27)41-36(45)49/h5-11,28,34,40,42H,12-26H2,1-4H3,(H,41,49)/t34?,38-/m0/s1. The molecular formula is C38H54FN7O4. The van der Waals surface area contributed by atoms with Crippen LogP contribution in [0.4, 0.5) is 20.6 Å². The molecule has 0 bridgehead atoms. The van der Waals surface area contributed by atoms with Crippen molar-refractivity contribution in [3.8, 4) is 0 Å². The van der Waals surface area contributed by atoms with Crippen LogP contribution in [-0.2, 0) is 20.7 Å². The van der Waals surface area contributed by atoms with Crippen LogP contribution in [-0.4, -0.2) is 115 Å². The van der Waals surface area contributed by atoms with Gasteiger partial charge in [0.2, 0.25) is 11.8 Å². The molecule has 11 nitrogen and oxygen atoms in total. The fourth-order valence-electron chi connectivity index (χ4n) is 7.63. The molecule has 0 spiro atoms. The van der Waals surface area contributed by atoms with Crippen molar-refractivity contribution in [2.24, 2.45) is 5.41 Å². The van der Waals surface area contributed by atoms with Crippen LogP contribution < -0.4 is 16.0 Å². The second-order valence-electron chi connectivity index (χ2n) is 15.6. The molecule has 50 heavy (non-hydrogen) atoms. The molecule has 0 aromatic heterocycles. The summed E-state index contributed by atoms with van der Waals surface area (Å²) >= 11 is 0. The highest BCUT2D eigenvalue weighted by atomic mass is 19.1. The number of likely N-dealkylation sites (tertiary alicyclic amines) is 1. The van der Waals surface area contributed by atoms with Gasteiger partial charge in [-0.3, -0.25) is 19.8 Å². The zero-order valence-corrected chi connectivity index (χ0v) is 30.1. The van der Waals surface area contributed by atoms with Gasteiger partial charge in [0.1, 0.15) is 17.5 Å². The van der Waals surface area contributed by atoms with Gasteiger partial charge in [0.05, 0.1) is 25.3 Å². The largest absolute Gasteiger partial charge is 0.381 e. The summed E-state index contributed by atoms with van der Waals surface area (Å²) < 4.78 is 20.9. The minimum atomic E-state index is -1.16. The predicted octanol–water partition coefficient (Wildman–Crippen LogP) is 4.67. The van der Waals surface area contributed by atoms with Crippen LogP contribution in [0.3, 0.4) is 0 Å². The number of amides is 4. The van der Waals surface area contributed by atoms with E-state index in [-0.39, 0.29) is 41.5 Å². The van der Waals surface area contributed by atoms with Crippen molar-refractivity contribution in [3.05, 3.63) is 59.4 Å². The van der Waals surface area contributed by atoms with E-state index >= 15 is 4.39 Å². The summed E-state index contributed by atoms with van der Waals surface area (Å²) in [6.45, 7) is 14.7. The Labute approximate surface area is 295 Å². The Kier molecular flexibility index (Phi) is 11.0. The molecule has 272 valence electrons. The number of hydrogen-bond acceptors (Lipinski definition) is 7. The van der Waals surface area contributed by atoms with Crippen molar-refractivity contribution >= 4 is 29.2 Å². The third kappa shape index (κ3) is 8.24. The number of benzene rings is 2. The molecule has 4 amide bonds. The van der Waals surface area contributed by atoms with E-state index in [4.69, 9.17) is 4.74 Å². The number of halogens is 1. The number of hydrogen-bond donors (Lipinski definition) is 3. The van der Waals surface area contributed by atoms with E-state index < -0.39 is 11.7 Å². The summed E-state index contributed by atoms with van der Waals surface area (Å²) in [5.74, 6) is -0.623. The summed E-state index contributed by atoms with van der Waals surface area (Å²) in [6, 6.07) is 12.8. The van der Waals surface area contributed by atoms with Crippen molar-refractivity contribution in [3.63, 3.8) is 0 Å². The molecule has 3 saturated heterocycles. The minimum Gasteiger partial charge on any atom is -0.381 e. The number of para-hydroxylation sites is 2. The molecule has 4 aliphatic heterocycles. The molecule has 3 N–H and O–H groups in total. The maximum absolute atomic E-state index is 15.5. The van der Waals surface area contributed by atoms with E-state index in [0.29, 0.717) is 70.0 Å². The number of morpholine rings is 1. The van der Waals surface area contributed by atoms with E-state index in [2.05, 4.69) is 41.6 Å². The Morgan fingerprint density at radius 1 is 1.00 bits per heavy atom. The van der Waals surface area contributed by atoms with Crippen LogP contribution in [0.2, 0.25) is 0 Å². The van der Waals surface area contributed by atoms with Gasteiger partial charge in [-0.2, -0.15) is 0 Å². The Morgan fingerprint density at radius 2 is 1.74 bits per heavy atom. The number of fused-ring (bicyclic) bond motifs is 1. The number of piperidine rings is 1. The van der Waals surface area contributed by atoms with Crippen molar-refractivity contribution in [1.29, 1.82) is 0 Å². The van der Waals surface area contributed by atoms with Crippen molar-refractivity contribution in [2.45, 2.75) is 77.5 Å². The lowest BCUT2D eigenvalue weighted by Gasteiger charge is -2.38. The third-order valence-electron chi connectivity index (χ3n) is 10.7. The number of anilines is 2. The van der Waals surface area contributed by atoms with E-state index in [1.165, 1.54) is 6.07 Å². The van der Waals surface area contributed by atoms with E-state index in [1.807, 2.05) is 40.1 Å². The normalized spacial score (nSPS) is 23.9. The highest BCUT2D eigenvalue weighted by Gasteiger charge is 2.51. The number of nitrogens with zero attached hydrogens (tertiary/aromatic N) is 4. The lowest BCUT2D eigenvalue weighted by molar-refractivity contribution is -0.140. The van der Waals surface area contributed by atoms with Crippen LogP contribution in [0, 0.1) is 11.2 Å². The monoisotopic (exact) mass is 691 g/mol. The molecule has 0 radical (unpaired) electrons. The molecule has 1 unspecified atom stereocenters. The van der Waals surface area contributed by atoms with Crippen molar-refractivity contribution in [1.82, 2.24) is 24.9 Å². The fourth-order valence-corrected chi connectivity index (χ4v) is 7.63. The average Bonchev–Trinajstić information content (AvgIpc) is 3.21. The number of ether oxygens (including phenoxy) is 1. The highest BCUT2D eigenvalue weighted by Crippen LogP contribution is 2.38. The summed E-state index contributed by atoms with van der Waals surface area (Å²) in [6.07, 6.45) is 2.28. The summed E-state index contributed by atoms with van der Waals surface area (Å²) in [5, 5.41) is 9.90. The molecule has 4 heterocycles. The highest BCUT2D eigenvalue weighted by molar-refractivity contribution is 5.94. The van der Waals surface area contributed by atoms with Crippen LogP contribution in [0.5, 0.6) is 0 Å². The molecule has 0 aliphatic carbocycles. The molecule has 4 aliphatic rings. The number of carbonyl (C=O) groups is 3. The van der Waals surface area contributed by atoms with Gasteiger partial charge in [-0.1, -0.05) is 51.1 Å². The van der Waals surface area contributed by atoms with Gasteiger partial charge in [-0.25, -0.2) is 9.18 Å². The SMILES string of the molecule is CC(C)(C)CCN1C(=O)[C@](C)(CC(=O)N2CCC(N3CCc4ccccc4NC3=O)CC2)NC1c1cccc(F)c1NCCN1CCOCC1. The molecule has 3 fully saturated rings. The number of nitrogens with one attached hydrogen (secondary N) is 3. The van der Waals surface area contributed by atoms with Gasteiger partial charge in [-0.05, 0) is 55.7 Å². The first kappa shape index (κ1) is 36.1. The van der Waals surface area contributed by atoms with Crippen LogP contribution in [0.25, 0.3) is 0 Å². The van der Waals surface area contributed by atoms with Gasteiger partial charge >= 0.3 is 6.03 Å². The average molecular weight is 692 g/mol. The maximum Gasteiger partial charge on any atom is 0.322 e. The molecule has 2 aromatic carbocycles. The molecule has 0 saturated carbocycles. The van der Waals surface area contributed by atoms with E-state index in [1.54, 1.807) is 17.9 Å². The first-order valence-electron chi connectivity index (χ1n) is 18.3. The summed E-state index contributed by atoms with van der Waals surface area (Å²) in [5.41, 5.74) is 1.83. The number of urea groups is 1. The molecular weight excluding hydrogens is 637 g/mol. The fraction of sp³-hybridized carbons (Fsp3) is 0.605. The lowest BCUT2D eigenvalue weighted by atomic mass is 9.91. The Hall–Kier alpha value is -3.74. The molecule has 6 rings (SSSR count). The topological polar surface area (TPSA) is 109 Å². The first-order valence-corrected chi connectivity index (χ1v) is 18.3. The van der Waals surface area contributed by atoms with Gasteiger partial charge in [-0.15, -0.1) is 0 Å². The number of rotatable bonds is 10. The minimum absolute atomic E-state index is 0.00631. The second kappa shape index (κ2) is 15.2. The van der Waals surface area contributed by atoms with Crippen molar-refractivity contribution < 1.29 is 23.5 Å². The Bertz CT molecular complexity index is 1540. The first-order chi connectivity index (χ1) is 23.9. The predicted molar refractivity (Wildman–Crippen MR) is 192 cm³/mol. The van der Waals surface area contributed by atoms with Crippen molar-refractivity contribution in [2.75, 3.05) is 76.2 Å². The Balaban J connectivity index is 1.12. The zero-order chi connectivity index (χ0) is 35.5. The maximum atomic E-state index is 15.5. The van der Waals surface area contributed by atoms with Crippen LogP contribution >= 0.6 is 0 Å². The third-order valence-corrected chi connectivity index (χ3v) is 10.7. The zero-order valence-electron chi connectivity index (χ0n) is 30.1. The van der Waals surface area contributed by atoms with Gasteiger partial charge in [0.15, 0.2) is 0 Å². The van der Waals surface area contributed by atoms with Gasteiger partial charge in [0, 0.05) is 69.7 Å². The quantitative estimate of drug-likeness (QED) is 0.333. The second-order valence-corrected chi connectivity index (χ2v) is 15.6. The molecule has 12 heteroatoms. The summed E-state index contributed by atoms with van der Waals surface area (Å²) in [7, 11) is 0. The lowest BCUT2D eigenvalue weighted by Crippen LogP contribution is -2.52. The smallest absolute Gasteiger partial charge is 0.322 e.